The molecular formula is C15H21Cl2N3O2. The van der Waals surface area contributed by atoms with Crippen molar-refractivity contribution >= 4 is 35.8 Å². The lowest BCUT2D eigenvalue weighted by Crippen LogP contribution is -2.48. The Morgan fingerprint density at radius 3 is 2.59 bits per heavy atom. The second kappa shape index (κ2) is 9.66. The monoisotopic (exact) mass is 345 g/mol. The van der Waals surface area contributed by atoms with E-state index in [4.69, 9.17) is 11.6 Å². The van der Waals surface area contributed by atoms with E-state index in [9.17, 15) is 9.59 Å². The van der Waals surface area contributed by atoms with Gasteiger partial charge in [-0.25, -0.2) is 0 Å². The fraction of sp³-hybridized carbons (Fsp3) is 0.467. The normalized spacial score (nSPS) is 17.2. The second-order valence-electron chi connectivity index (χ2n) is 5.03. The van der Waals surface area contributed by atoms with Crippen molar-refractivity contribution in [2.24, 2.45) is 0 Å². The highest BCUT2D eigenvalue weighted by atomic mass is 35.5. The number of carbonyl (C=O) groups excluding carboxylic acids is 2. The van der Waals surface area contributed by atoms with Crippen molar-refractivity contribution in [1.29, 1.82) is 0 Å². The second-order valence-corrected chi connectivity index (χ2v) is 5.44. The van der Waals surface area contributed by atoms with Crippen molar-refractivity contribution in [3.05, 3.63) is 34.9 Å². The SMILES string of the molecule is Cl.O=C(NCCNC(=O)C1CCCCN1)c1ccccc1Cl. The molecule has 1 heterocycles. The highest BCUT2D eigenvalue weighted by Crippen LogP contribution is 2.14. The molecule has 1 atom stereocenters. The molecule has 1 saturated heterocycles. The van der Waals surface area contributed by atoms with Crippen LogP contribution in [0.4, 0.5) is 0 Å². The number of hydrogen-bond donors (Lipinski definition) is 3. The summed E-state index contributed by atoms with van der Waals surface area (Å²) >= 11 is 5.95. The molecule has 1 unspecified atom stereocenters. The van der Waals surface area contributed by atoms with Crippen molar-refractivity contribution < 1.29 is 9.59 Å². The maximum atomic E-state index is 11.9. The maximum Gasteiger partial charge on any atom is 0.252 e. The van der Waals surface area contributed by atoms with Crippen LogP contribution >= 0.6 is 24.0 Å². The predicted octanol–water partition coefficient (Wildman–Crippen LogP) is 1.75. The van der Waals surface area contributed by atoms with Gasteiger partial charge in [0.15, 0.2) is 0 Å². The third kappa shape index (κ3) is 5.48. The minimum Gasteiger partial charge on any atom is -0.353 e. The number of benzene rings is 1. The van der Waals surface area contributed by atoms with Gasteiger partial charge in [-0.3, -0.25) is 9.59 Å². The van der Waals surface area contributed by atoms with Crippen LogP contribution in [-0.2, 0) is 4.79 Å². The summed E-state index contributed by atoms with van der Waals surface area (Å²) in [5, 5.41) is 9.17. The smallest absolute Gasteiger partial charge is 0.252 e. The summed E-state index contributed by atoms with van der Waals surface area (Å²) in [5.74, 6) is -0.229. The lowest BCUT2D eigenvalue weighted by atomic mass is 10.0. The molecule has 0 aliphatic carbocycles. The van der Waals surface area contributed by atoms with Crippen molar-refractivity contribution in [3.63, 3.8) is 0 Å². The molecule has 122 valence electrons. The first kappa shape index (κ1) is 18.7. The fourth-order valence-corrected chi connectivity index (χ4v) is 2.52. The third-order valence-electron chi connectivity index (χ3n) is 3.46. The van der Waals surface area contributed by atoms with Crippen LogP contribution < -0.4 is 16.0 Å². The number of amides is 2. The lowest BCUT2D eigenvalue weighted by molar-refractivity contribution is -0.123. The highest BCUT2D eigenvalue weighted by Gasteiger charge is 2.19. The average molecular weight is 346 g/mol. The van der Waals surface area contributed by atoms with Gasteiger partial charge in [-0.05, 0) is 31.5 Å². The Hall–Kier alpha value is -1.30. The molecule has 0 aromatic heterocycles. The van der Waals surface area contributed by atoms with Crippen LogP contribution in [0.1, 0.15) is 29.6 Å². The first-order chi connectivity index (χ1) is 10.2. The van der Waals surface area contributed by atoms with Gasteiger partial charge in [0.2, 0.25) is 5.91 Å². The van der Waals surface area contributed by atoms with Crippen LogP contribution in [0.3, 0.4) is 0 Å². The molecule has 5 nitrogen and oxygen atoms in total. The van der Waals surface area contributed by atoms with Crippen LogP contribution in [0.15, 0.2) is 24.3 Å². The van der Waals surface area contributed by atoms with Crippen molar-refractivity contribution in [2.75, 3.05) is 19.6 Å². The van der Waals surface area contributed by atoms with E-state index in [2.05, 4.69) is 16.0 Å². The number of nitrogens with one attached hydrogen (secondary N) is 3. The van der Waals surface area contributed by atoms with E-state index < -0.39 is 0 Å². The van der Waals surface area contributed by atoms with Gasteiger partial charge in [0.1, 0.15) is 0 Å². The number of rotatable bonds is 5. The van der Waals surface area contributed by atoms with Crippen LogP contribution in [0.2, 0.25) is 5.02 Å². The minimum atomic E-state index is -0.231. The van der Waals surface area contributed by atoms with Gasteiger partial charge in [-0.2, -0.15) is 0 Å². The first-order valence-corrected chi connectivity index (χ1v) is 7.60. The van der Waals surface area contributed by atoms with Crippen molar-refractivity contribution in [2.45, 2.75) is 25.3 Å². The molecule has 2 amide bonds. The number of hydrogen-bond acceptors (Lipinski definition) is 3. The van der Waals surface area contributed by atoms with E-state index in [0.29, 0.717) is 23.7 Å². The minimum absolute atomic E-state index is 0. The van der Waals surface area contributed by atoms with Gasteiger partial charge < -0.3 is 16.0 Å². The number of carbonyl (C=O) groups is 2. The van der Waals surface area contributed by atoms with Crippen LogP contribution in [-0.4, -0.2) is 37.5 Å². The number of halogens is 2. The first-order valence-electron chi connectivity index (χ1n) is 7.22. The summed E-state index contributed by atoms with van der Waals surface area (Å²) in [7, 11) is 0. The largest absolute Gasteiger partial charge is 0.353 e. The van der Waals surface area contributed by atoms with Gasteiger partial charge in [-0.15, -0.1) is 12.4 Å². The predicted molar refractivity (Wildman–Crippen MR) is 89.7 cm³/mol. The van der Waals surface area contributed by atoms with Gasteiger partial charge in [0.05, 0.1) is 16.6 Å². The summed E-state index contributed by atoms with van der Waals surface area (Å²) in [5.41, 5.74) is 0.444. The van der Waals surface area contributed by atoms with Crippen LogP contribution in [0, 0.1) is 0 Å². The molecule has 1 aromatic carbocycles. The molecule has 0 radical (unpaired) electrons. The van der Waals surface area contributed by atoms with E-state index >= 15 is 0 Å². The van der Waals surface area contributed by atoms with Gasteiger partial charge in [0, 0.05) is 13.1 Å². The molecular weight excluding hydrogens is 325 g/mol. The Morgan fingerprint density at radius 1 is 1.18 bits per heavy atom. The van der Waals surface area contributed by atoms with E-state index in [0.717, 1.165) is 25.8 Å². The topological polar surface area (TPSA) is 70.2 Å². The quantitative estimate of drug-likeness (QED) is 0.712. The maximum absolute atomic E-state index is 11.9. The number of piperidine rings is 1. The van der Waals surface area contributed by atoms with Crippen molar-refractivity contribution in [3.8, 4) is 0 Å². The molecule has 1 aromatic rings. The van der Waals surface area contributed by atoms with Crippen molar-refractivity contribution in [1.82, 2.24) is 16.0 Å². The molecule has 1 fully saturated rings. The summed E-state index contributed by atoms with van der Waals surface area (Å²) in [4.78, 5) is 23.8. The molecule has 1 aliphatic rings. The molecule has 7 heteroatoms. The summed E-state index contributed by atoms with van der Waals surface area (Å²) < 4.78 is 0. The Labute approximate surface area is 141 Å². The summed E-state index contributed by atoms with van der Waals surface area (Å²) in [6.07, 6.45) is 3.07. The molecule has 1 aliphatic heterocycles. The lowest BCUT2D eigenvalue weighted by Gasteiger charge is -2.22. The zero-order valence-corrected chi connectivity index (χ0v) is 13.8. The highest BCUT2D eigenvalue weighted by molar-refractivity contribution is 6.33. The standard InChI is InChI=1S/C15H20ClN3O2.ClH/c16-12-6-2-1-5-11(12)14(20)18-9-10-19-15(21)13-7-3-4-8-17-13;/h1-2,5-6,13,17H,3-4,7-10H2,(H,18,20)(H,19,21);1H. The molecule has 0 bridgehead atoms. The fourth-order valence-electron chi connectivity index (χ4n) is 2.30. The molecule has 22 heavy (non-hydrogen) atoms. The summed E-state index contributed by atoms with van der Waals surface area (Å²) in [6.45, 7) is 1.68. The van der Waals surface area contributed by atoms with E-state index in [-0.39, 0.29) is 30.3 Å². The zero-order valence-electron chi connectivity index (χ0n) is 12.2. The Balaban J connectivity index is 0.00000242. The third-order valence-corrected chi connectivity index (χ3v) is 3.78. The van der Waals surface area contributed by atoms with Gasteiger partial charge >= 0.3 is 0 Å². The van der Waals surface area contributed by atoms with Crippen LogP contribution in [0.25, 0.3) is 0 Å². The Kier molecular flexibility index (Phi) is 8.24. The Bertz CT molecular complexity index is 505. The van der Waals surface area contributed by atoms with E-state index in [1.807, 2.05) is 0 Å². The Morgan fingerprint density at radius 2 is 1.91 bits per heavy atom. The van der Waals surface area contributed by atoms with E-state index in [1.165, 1.54) is 0 Å². The zero-order chi connectivity index (χ0) is 15.1. The summed E-state index contributed by atoms with van der Waals surface area (Å²) in [6, 6.07) is 6.78. The molecule has 0 saturated carbocycles. The van der Waals surface area contributed by atoms with Gasteiger partial charge in [-0.1, -0.05) is 30.2 Å². The van der Waals surface area contributed by atoms with Gasteiger partial charge in [0.25, 0.3) is 5.91 Å². The van der Waals surface area contributed by atoms with E-state index in [1.54, 1.807) is 24.3 Å². The van der Waals surface area contributed by atoms with Crippen LogP contribution in [0.5, 0.6) is 0 Å². The average Bonchev–Trinajstić information content (AvgIpc) is 2.52. The molecule has 0 spiro atoms. The molecule has 2 rings (SSSR count). The molecule has 3 N–H and O–H groups in total.